The second-order valence-electron chi connectivity index (χ2n) is 8.86. The second-order valence-corrected chi connectivity index (χ2v) is 8.86. The fourth-order valence-electron chi connectivity index (χ4n) is 3.51. The molecule has 0 radical (unpaired) electrons. The van der Waals surface area contributed by atoms with Crippen LogP contribution in [0.15, 0.2) is 36.4 Å². The first kappa shape index (κ1) is 25.4. The van der Waals surface area contributed by atoms with Gasteiger partial charge < -0.3 is 19.9 Å². The molecule has 2 aromatic rings. The molecule has 0 amide bonds. The van der Waals surface area contributed by atoms with Gasteiger partial charge in [-0.15, -0.1) is 0 Å². The molecule has 182 valence electrons. The van der Waals surface area contributed by atoms with E-state index in [0.717, 1.165) is 18.2 Å². The van der Waals surface area contributed by atoms with Gasteiger partial charge >= 0.3 is 6.18 Å². The molecule has 0 saturated carbocycles. The number of benzene rings is 2. The molecule has 0 aliphatic carbocycles. The van der Waals surface area contributed by atoms with Crippen LogP contribution in [0.3, 0.4) is 0 Å². The van der Waals surface area contributed by atoms with E-state index in [1.54, 1.807) is 19.9 Å². The number of rotatable bonds is 8. The summed E-state index contributed by atoms with van der Waals surface area (Å²) in [6.07, 6.45) is -3.41. The minimum atomic E-state index is -4.60. The summed E-state index contributed by atoms with van der Waals surface area (Å²) in [6, 6.07) is 7.14. The minimum absolute atomic E-state index is 0.0460. The zero-order chi connectivity index (χ0) is 24.3. The summed E-state index contributed by atoms with van der Waals surface area (Å²) < 4.78 is 84.0. The average molecular weight is 473 g/mol. The van der Waals surface area contributed by atoms with Crippen molar-refractivity contribution in [2.24, 2.45) is 5.73 Å². The van der Waals surface area contributed by atoms with Crippen LogP contribution < -0.4 is 10.5 Å². The van der Waals surface area contributed by atoms with Crippen molar-refractivity contribution in [2.45, 2.75) is 57.0 Å². The van der Waals surface area contributed by atoms with Gasteiger partial charge in [-0.25, -0.2) is 8.78 Å². The standard InChI is InChI=1S/C24H28F5NO3/c1-22(2)32-14-23(30,15-33-22)10-9-16-5-8-21(19(12-16)24(27,28)29)31-11-3-4-17-6-7-18(25)13-20(17)26/h5-8,12-13H,3-4,9-11,14-15,30H2,1-2H3. The van der Waals surface area contributed by atoms with E-state index >= 15 is 0 Å². The van der Waals surface area contributed by atoms with Gasteiger partial charge in [0.25, 0.3) is 0 Å². The van der Waals surface area contributed by atoms with Gasteiger partial charge in [-0.1, -0.05) is 12.1 Å². The molecule has 0 bridgehead atoms. The topological polar surface area (TPSA) is 53.7 Å². The second kappa shape index (κ2) is 9.95. The average Bonchev–Trinajstić information content (AvgIpc) is 2.73. The number of hydrogen-bond donors (Lipinski definition) is 1. The number of nitrogens with two attached hydrogens (primary N) is 1. The lowest BCUT2D eigenvalue weighted by molar-refractivity contribution is -0.267. The van der Waals surface area contributed by atoms with Crippen LogP contribution in [-0.4, -0.2) is 31.1 Å². The van der Waals surface area contributed by atoms with E-state index in [1.807, 2.05) is 0 Å². The molecule has 9 heteroatoms. The molecule has 2 N–H and O–H groups in total. The molecule has 33 heavy (non-hydrogen) atoms. The predicted octanol–water partition coefficient (Wildman–Crippen LogP) is 5.41. The third kappa shape index (κ3) is 7.12. The van der Waals surface area contributed by atoms with Crippen molar-refractivity contribution >= 4 is 0 Å². The zero-order valence-corrected chi connectivity index (χ0v) is 18.6. The molecule has 1 aliphatic heterocycles. The van der Waals surface area contributed by atoms with E-state index in [4.69, 9.17) is 19.9 Å². The van der Waals surface area contributed by atoms with Gasteiger partial charge in [0, 0.05) is 6.07 Å². The highest BCUT2D eigenvalue weighted by Gasteiger charge is 2.38. The molecule has 0 aromatic heterocycles. The molecule has 1 heterocycles. The first-order chi connectivity index (χ1) is 15.4. The van der Waals surface area contributed by atoms with E-state index in [2.05, 4.69) is 0 Å². The number of aryl methyl sites for hydroxylation is 2. The lowest BCUT2D eigenvalue weighted by Gasteiger charge is -2.41. The maximum absolute atomic E-state index is 13.7. The van der Waals surface area contributed by atoms with Crippen molar-refractivity contribution in [1.29, 1.82) is 0 Å². The SMILES string of the molecule is CC1(C)OCC(N)(CCc2ccc(OCCCc3ccc(F)cc3F)c(C(F)(F)F)c2)CO1. The lowest BCUT2D eigenvalue weighted by atomic mass is 9.92. The summed E-state index contributed by atoms with van der Waals surface area (Å²) in [5, 5.41) is 0. The van der Waals surface area contributed by atoms with Gasteiger partial charge in [-0.3, -0.25) is 0 Å². The fraction of sp³-hybridized carbons (Fsp3) is 0.500. The van der Waals surface area contributed by atoms with Crippen molar-refractivity contribution in [2.75, 3.05) is 19.8 Å². The molecule has 0 spiro atoms. The van der Waals surface area contributed by atoms with Gasteiger partial charge in [0.1, 0.15) is 17.4 Å². The monoisotopic (exact) mass is 473 g/mol. The van der Waals surface area contributed by atoms with Crippen molar-refractivity contribution in [3.63, 3.8) is 0 Å². The van der Waals surface area contributed by atoms with Crippen LogP contribution in [0.4, 0.5) is 22.0 Å². The summed E-state index contributed by atoms with van der Waals surface area (Å²) in [7, 11) is 0. The molecule has 0 unspecified atom stereocenters. The van der Waals surface area contributed by atoms with Gasteiger partial charge in [0.15, 0.2) is 5.79 Å². The third-order valence-corrected chi connectivity index (χ3v) is 5.54. The van der Waals surface area contributed by atoms with Crippen molar-refractivity contribution in [3.8, 4) is 5.75 Å². The molecule has 2 aromatic carbocycles. The largest absolute Gasteiger partial charge is 0.493 e. The number of alkyl halides is 3. The van der Waals surface area contributed by atoms with Crippen molar-refractivity contribution in [1.82, 2.24) is 0 Å². The first-order valence-corrected chi connectivity index (χ1v) is 10.7. The Kier molecular flexibility index (Phi) is 7.65. The van der Waals surface area contributed by atoms with Crippen LogP contribution in [0.2, 0.25) is 0 Å². The van der Waals surface area contributed by atoms with Crippen LogP contribution >= 0.6 is 0 Å². The zero-order valence-electron chi connectivity index (χ0n) is 18.6. The van der Waals surface area contributed by atoms with E-state index in [9.17, 15) is 22.0 Å². The normalized spacial score (nSPS) is 17.7. The van der Waals surface area contributed by atoms with E-state index in [0.29, 0.717) is 18.4 Å². The molecular weight excluding hydrogens is 445 g/mol. The quantitative estimate of drug-likeness (QED) is 0.412. The van der Waals surface area contributed by atoms with Crippen LogP contribution in [0.1, 0.15) is 43.4 Å². The Bertz CT molecular complexity index is 952. The summed E-state index contributed by atoms with van der Waals surface area (Å²) in [4.78, 5) is 0. The molecular formula is C24H28F5NO3. The highest BCUT2D eigenvalue weighted by atomic mass is 19.4. The maximum atomic E-state index is 13.7. The highest BCUT2D eigenvalue weighted by molar-refractivity contribution is 5.39. The lowest BCUT2D eigenvalue weighted by Crippen LogP contribution is -2.57. The summed E-state index contributed by atoms with van der Waals surface area (Å²) in [5.74, 6) is -2.40. The summed E-state index contributed by atoms with van der Waals surface area (Å²) in [6.45, 7) is 4.01. The van der Waals surface area contributed by atoms with Gasteiger partial charge in [-0.2, -0.15) is 13.2 Å². The molecule has 0 atom stereocenters. The Morgan fingerprint density at radius 3 is 2.33 bits per heavy atom. The minimum Gasteiger partial charge on any atom is -0.493 e. The molecule has 4 nitrogen and oxygen atoms in total. The Balaban J connectivity index is 1.59. The molecule has 1 fully saturated rings. The smallest absolute Gasteiger partial charge is 0.419 e. The number of hydrogen-bond acceptors (Lipinski definition) is 4. The number of halogens is 5. The Hall–Kier alpha value is -2.23. The fourth-order valence-corrected chi connectivity index (χ4v) is 3.51. The van der Waals surface area contributed by atoms with Gasteiger partial charge in [0.2, 0.25) is 0 Å². The molecule has 1 saturated heterocycles. The van der Waals surface area contributed by atoms with E-state index in [-0.39, 0.29) is 44.0 Å². The Morgan fingerprint density at radius 2 is 1.70 bits per heavy atom. The van der Waals surface area contributed by atoms with Crippen LogP contribution in [0, 0.1) is 11.6 Å². The van der Waals surface area contributed by atoms with Crippen LogP contribution in [0.25, 0.3) is 0 Å². The van der Waals surface area contributed by atoms with Gasteiger partial charge in [0.05, 0.1) is 30.9 Å². The van der Waals surface area contributed by atoms with Crippen molar-refractivity contribution in [3.05, 3.63) is 64.7 Å². The van der Waals surface area contributed by atoms with E-state index < -0.39 is 34.7 Å². The predicted molar refractivity (Wildman–Crippen MR) is 113 cm³/mol. The molecule has 1 aliphatic rings. The van der Waals surface area contributed by atoms with Crippen LogP contribution in [-0.2, 0) is 28.5 Å². The third-order valence-electron chi connectivity index (χ3n) is 5.54. The number of ether oxygens (including phenoxy) is 3. The molecule has 3 rings (SSSR count). The van der Waals surface area contributed by atoms with Crippen molar-refractivity contribution < 1.29 is 36.2 Å². The highest BCUT2D eigenvalue weighted by Crippen LogP contribution is 2.37. The van der Waals surface area contributed by atoms with E-state index in [1.165, 1.54) is 12.1 Å². The Labute approximate surface area is 189 Å². The summed E-state index contributed by atoms with van der Waals surface area (Å²) >= 11 is 0. The summed E-state index contributed by atoms with van der Waals surface area (Å²) in [5.41, 5.74) is 5.38. The Morgan fingerprint density at radius 1 is 1.00 bits per heavy atom. The first-order valence-electron chi connectivity index (χ1n) is 10.7. The van der Waals surface area contributed by atoms with Crippen LogP contribution in [0.5, 0.6) is 5.75 Å². The maximum Gasteiger partial charge on any atom is 0.419 e. The van der Waals surface area contributed by atoms with Gasteiger partial charge in [-0.05, 0) is 68.9 Å².